The van der Waals surface area contributed by atoms with Gasteiger partial charge in [0.1, 0.15) is 5.75 Å². The van der Waals surface area contributed by atoms with Gasteiger partial charge >= 0.3 is 51.4 Å². The Hall–Kier alpha value is -0.454. The van der Waals surface area contributed by atoms with E-state index in [4.69, 9.17) is 4.74 Å². The fourth-order valence-corrected chi connectivity index (χ4v) is 1.50. The van der Waals surface area contributed by atoms with Crippen molar-refractivity contribution in [1.82, 2.24) is 0 Å². The van der Waals surface area contributed by atoms with E-state index >= 15 is 0 Å². The molecule has 0 aromatic heterocycles. The monoisotopic (exact) mass is 252 g/mol. The van der Waals surface area contributed by atoms with E-state index in [1.165, 1.54) is 0 Å². The summed E-state index contributed by atoms with van der Waals surface area (Å²) >= 11 is 0. The summed E-state index contributed by atoms with van der Waals surface area (Å²) in [5.41, 5.74) is 1.37. The van der Waals surface area contributed by atoms with E-state index < -0.39 is 0 Å². The van der Waals surface area contributed by atoms with Crippen LogP contribution in [0.4, 0.5) is 0 Å². The summed E-state index contributed by atoms with van der Waals surface area (Å²) in [7, 11) is 1.61. The van der Waals surface area contributed by atoms with Crippen LogP contribution in [0.5, 0.6) is 5.75 Å². The van der Waals surface area contributed by atoms with E-state index in [0.717, 1.165) is 5.75 Å². The molecule has 0 amide bonds. The molecule has 0 saturated carbocycles. The molecule has 2 aromatic rings. The molecular formula is C14H13KO2. The van der Waals surface area contributed by atoms with Crippen LogP contribution in [-0.2, 0) is 0 Å². The minimum atomic E-state index is 0. The van der Waals surface area contributed by atoms with Gasteiger partial charge in [-0.3, -0.25) is 4.79 Å². The van der Waals surface area contributed by atoms with Crippen molar-refractivity contribution in [2.24, 2.45) is 0 Å². The van der Waals surface area contributed by atoms with Crippen molar-refractivity contribution < 1.29 is 9.53 Å². The van der Waals surface area contributed by atoms with Crippen LogP contribution in [0.1, 0.15) is 15.9 Å². The molecule has 0 unspecified atom stereocenters. The molecule has 0 saturated heterocycles. The molecule has 0 spiro atoms. The number of rotatable bonds is 3. The molecule has 0 bridgehead atoms. The third kappa shape index (κ3) is 3.76. The van der Waals surface area contributed by atoms with Gasteiger partial charge in [0.25, 0.3) is 0 Å². The van der Waals surface area contributed by atoms with Crippen LogP contribution in [0.3, 0.4) is 0 Å². The van der Waals surface area contributed by atoms with Crippen molar-refractivity contribution in [3.8, 4) is 5.75 Å². The molecular weight excluding hydrogens is 239 g/mol. The zero-order valence-corrected chi connectivity index (χ0v) is 9.01. The van der Waals surface area contributed by atoms with Crippen LogP contribution in [0, 0.1) is 0 Å². The first-order valence-electron chi connectivity index (χ1n) is 5.05. The number of ketones is 1. The SMILES string of the molecule is COc1ccc(C(=O)c2ccccc2)cc1.[KH]. The predicted molar refractivity (Wildman–Crippen MR) is 70.0 cm³/mol. The molecule has 2 rings (SSSR count). The molecule has 2 nitrogen and oxygen atoms in total. The summed E-state index contributed by atoms with van der Waals surface area (Å²) in [4.78, 5) is 12.0. The van der Waals surface area contributed by atoms with Crippen LogP contribution in [0.25, 0.3) is 0 Å². The van der Waals surface area contributed by atoms with Gasteiger partial charge in [-0.15, -0.1) is 0 Å². The fourth-order valence-electron chi connectivity index (χ4n) is 1.50. The van der Waals surface area contributed by atoms with Crippen molar-refractivity contribution in [2.45, 2.75) is 0 Å². The quantitative estimate of drug-likeness (QED) is 0.619. The average molecular weight is 252 g/mol. The molecule has 2 aromatic carbocycles. The normalized spacial score (nSPS) is 9.24. The second kappa shape index (κ2) is 7.09. The Morgan fingerprint density at radius 2 is 1.41 bits per heavy atom. The summed E-state index contributed by atoms with van der Waals surface area (Å²) in [5, 5.41) is 0. The molecule has 17 heavy (non-hydrogen) atoms. The van der Waals surface area contributed by atoms with Gasteiger partial charge in [0, 0.05) is 11.1 Å². The first-order chi connectivity index (χ1) is 7.81. The van der Waals surface area contributed by atoms with Gasteiger partial charge in [-0.25, -0.2) is 0 Å². The second-order valence-corrected chi connectivity index (χ2v) is 3.42. The number of hydrogen-bond acceptors (Lipinski definition) is 2. The number of carbonyl (C=O) groups is 1. The van der Waals surface area contributed by atoms with E-state index in [9.17, 15) is 4.79 Å². The van der Waals surface area contributed by atoms with Gasteiger partial charge in [-0.1, -0.05) is 30.3 Å². The number of methoxy groups -OCH3 is 1. The Balaban J connectivity index is 0.00000144. The van der Waals surface area contributed by atoms with Crippen molar-refractivity contribution in [3.63, 3.8) is 0 Å². The average Bonchev–Trinajstić information content (AvgIpc) is 2.39. The summed E-state index contributed by atoms with van der Waals surface area (Å²) in [6.45, 7) is 0. The molecule has 82 valence electrons. The van der Waals surface area contributed by atoms with Gasteiger partial charge in [0.05, 0.1) is 7.11 Å². The molecule has 0 atom stereocenters. The van der Waals surface area contributed by atoms with Crippen molar-refractivity contribution in [1.29, 1.82) is 0 Å². The Morgan fingerprint density at radius 1 is 0.882 bits per heavy atom. The van der Waals surface area contributed by atoms with Crippen LogP contribution in [0.15, 0.2) is 54.6 Å². The minimum absolute atomic E-state index is 0. The summed E-state index contributed by atoms with van der Waals surface area (Å²) in [6, 6.07) is 16.4. The van der Waals surface area contributed by atoms with Crippen LogP contribution < -0.4 is 4.74 Å². The maximum atomic E-state index is 12.0. The van der Waals surface area contributed by atoms with Gasteiger partial charge < -0.3 is 4.74 Å². The number of hydrogen-bond donors (Lipinski definition) is 0. The number of carbonyl (C=O) groups excluding carboxylic acids is 1. The molecule has 0 aliphatic rings. The summed E-state index contributed by atoms with van der Waals surface area (Å²) < 4.78 is 5.04. The van der Waals surface area contributed by atoms with E-state index in [2.05, 4.69) is 0 Å². The van der Waals surface area contributed by atoms with Gasteiger partial charge in [0.15, 0.2) is 5.78 Å². The first-order valence-corrected chi connectivity index (χ1v) is 5.05. The molecule has 0 aliphatic heterocycles. The molecule has 0 N–H and O–H groups in total. The summed E-state index contributed by atoms with van der Waals surface area (Å²) in [6.07, 6.45) is 0. The number of benzene rings is 2. The van der Waals surface area contributed by atoms with Crippen LogP contribution >= 0.6 is 0 Å². The maximum absolute atomic E-state index is 12.0. The molecule has 0 heterocycles. The third-order valence-electron chi connectivity index (χ3n) is 2.39. The standard InChI is InChI=1S/C14H12O2.K.H/c1-16-13-9-7-12(8-10-13)14(15)11-5-3-2-4-6-11;;/h2-10H,1H3;;. The zero-order valence-electron chi connectivity index (χ0n) is 9.01. The van der Waals surface area contributed by atoms with Crippen LogP contribution in [0.2, 0.25) is 0 Å². The van der Waals surface area contributed by atoms with Gasteiger partial charge in [0.2, 0.25) is 0 Å². The zero-order chi connectivity index (χ0) is 11.4. The third-order valence-corrected chi connectivity index (χ3v) is 2.39. The Kier molecular flexibility index (Phi) is 6.09. The van der Waals surface area contributed by atoms with E-state index in [0.29, 0.717) is 11.1 Å². The topological polar surface area (TPSA) is 26.3 Å². The van der Waals surface area contributed by atoms with E-state index in [1.807, 2.05) is 30.3 Å². The van der Waals surface area contributed by atoms with E-state index in [1.54, 1.807) is 31.4 Å². The fraction of sp³-hybridized carbons (Fsp3) is 0.0714. The van der Waals surface area contributed by atoms with Crippen molar-refractivity contribution >= 4 is 57.2 Å². The molecule has 0 radical (unpaired) electrons. The Morgan fingerprint density at radius 3 is 1.94 bits per heavy atom. The molecule has 0 fully saturated rings. The molecule has 3 heteroatoms. The van der Waals surface area contributed by atoms with E-state index in [-0.39, 0.29) is 57.2 Å². The number of ether oxygens (including phenoxy) is 1. The van der Waals surface area contributed by atoms with Gasteiger partial charge in [-0.05, 0) is 24.3 Å². The summed E-state index contributed by atoms with van der Waals surface area (Å²) in [5.74, 6) is 0.785. The second-order valence-electron chi connectivity index (χ2n) is 3.42. The van der Waals surface area contributed by atoms with Crippen molar-refractivity contribution in [3.05, 3.63) is 65.7 Å². The molecule has 0 aliphatic carbocycles. The predicted octanol–water partition coefficient (Wildman–Crippen LogP) is 2.28. The van der Waals surface area contributed by atoms with Crippen molar-refractivity contribution in [2.75, 3.05) is 7.11 Å². The first kappa shape index (κ1) is 14.6. The Bertz CT molecular complexity index is 477. The Labute approximate surface area is 143 Å². The van der Waals surface area contributed by atoms with Gasteiger partial charge in [-0.2, -0.15) is 0 Å². The van der Waals surface area contributed by atoms with Crippen LogP contribution in [-0.4, -0.2) is 64.3 Å².